The van der Waals surface area contributed by atoms with E-state index < -0.39 is 12.0 Å². The van der Waals surface area contributed by atoms with E-state index in [0.717, 1.165) is 0 Å². The van der Waals surface area contributed by atoms with Crippen molar-refractivity contribution in [3.8, 4) is 0 Å². The predicted octanol–water partition coefficient (Wildman–Crippen LogP) is -1.33. The summed E-state index contributed by atoms with van der Waals surface area (Å²) in [4.78, 5) is 10.1. The Morgan fingerprint density at radius 1 is 1.89 bits per heavy atom. The zero-order valence-electron chi connectivity index (χ0n) is 5.09. The molecule has 0 saturated carbocycles. The van der Waals surface area contributed by atoms with Crippen LogP contribution in [-0.2, 0) is 4.79 Å². The number of aliphatic carboxylic acids is 1. The third-order valence-electron chi connectivity index (χ3n) is 0.829. The molecule has 0 saturated heterocycles. The van der Waals surface area contributed by atoms with Crippen LogP contribution >= 0.6 is 12.6 Å². The number of carbonyl (C=O) groups is 1. The molecule has 1 unspecified atom stereocenters. The van der Waals surface area contributed by atoms with Gasteiger partial charge in [0.25, 0.3) is 0 Å². The van der Waals surface area contributed by atoms with Gasteiger partial charge in [0.1, 0.15) is 6.04 Å². The molecule has 0 heterocycles. The first kappa shape index (κ1) is 12.0. The van der Waals surface area contributed by atoms with Crippen LogP contribution in [0.15, 0.2) is 0 Å². The van der Waals surface area contributed by atoms with E-state index in [1.807, 2.05) is 0 Å². The summed E-state index contributed by atoms with van der Waals surface area (Å²) < 4.78 is 0. The Morgan fingerprint density at radius 3 is 2.33 bits per heavy atom. The molecule has 0 aromatic carbocycles. The molecule has 0 aromatic heterocycles. The van der Waals surface area contributed by atoms with Crippen LogP contribution in [0.25, 0.3) is 0 Å². The van der Waals surface area contributed by atoms with Gasteiger partial charge >= 0.3 is 23.0 Å². The van der Waals surface area contributed by atoms with E-state index in [2.05, 4.69) is 17.9 Å². The Bertz CT molecular complexity index is 86.6. The first-order chi connectivity index (χ1) is 3.72. The molecular formula is C4H11NO2SSe. The van der Waals surface area contributed by atoms with Gasteiger partial charge in [-0.15, -0.1) is 0 Å². The summed E-state index contributed by atoms with van der Waals surface area (Å²) in [6.45, 7) is 0. The molecule has 0 spiro atoms. The second-order valence-corrected chi connectivity index (χ2v) is 1.73. The van der Waals surface area contributed by atoms with Crippen molar-refractivity contribution >= 4 is 35.7 Å². The van der Waals surface area contributed by atoms with Crippen LogP contribution in [0, 0.1) is 0 Å². The van der Waals surface area contributed by atoms with Crippen molar-refractivity contribution in [3.05, 3.63) is 0 Å². The zero-order chi connectivity index (χ0) is 6.57. The molecule has 0 aliphatic carbocycles. The fourth-order valence-corrected chi connectivity index (χ4v) is 0.632. The summed E-state index contributed by atoms with van der Waals surface area (Å²) in [5.74, 6) is -0.534. The summed E-state index contributed by atoms with van der Waals surface area (Å²) in [5.41, 5.74) is 0. The van der Waals surface area contributed by atoms with Crippen molar-refractivity contribution in [1.82, 2.24) is 5.32 Å². The molecule has 1 atom stereocenters. The number of hydrogen-bond donors (Lipinski definition) is 3. The molecular weight excluding hydrogens is 205 g/mol. The Morgan fingerprint density at radius 2 is 2.33 bits per heavy atom. The van der Waals surface area contributed by atoms with Crippen molar-refractivity contribution < 1.29 is 9.90 Å². The fraction of sp³-hybridized carbons (Fsp3) is 0.750. The van der Waals surface area contributed by atoms with Crippen molar-refractivity contribution in [2.75, 3.05) is 12.8 Å². The SMILES string of the molecule is CNC(CS)C(=O)O.[SeH2]. The molecule has 0 aliphatic heterocycles. The Kier molecular flexibility index (Phi) is 8.58. The summed E-state index contributed by atoms with van der Waals surface area (Å²) >= 11 is 3.79. The molecule has 0 aromatic rings. The Balaban J connectivity index is 0. The number of thiol groups is 1. The van der Waals surface area contributed by atoms with E-state index in [-0.39, 0.29) is 17.1 Å². The summed E-state index contributed by atoms with van der Waals surface area (Å²) in [6.07, 6.45) is 0. The van der Waals surface area contributed by atoms with E-state index in [4.69, 9.17) is 5.11 Å². The molecule has 0 bridgehead atoms. The van der Waals surface area contributed by atoms with Gasteiger partial charge in [-0.2, -0.15) is 12.6 Å². The van der Waals surface area contributed by atoms with Gasteiger partial charge in [-0.1, -0.05) is 0 Å². The molecule has 5 heteroatoms. The molecule has 0 aliphatic rings. The third kappa shape index (κ3) is 4.78. The van der Waals surface area contributed by atoms with Gasteiger partial charge in [0, 0.05) is 5.75 Å². The minimum atomic E-state index is -0.859. The van der Waals surface area contributed by atoms with Crippen molar-refractivity contribution in [2.45, 2.75) is 6.04 Å². The van der Waals surface area contributed by atoms with Gasteiger partial charge in [0.15, 0.2) is 0 Å². The quantitative estimate of drug-likeness (QED) is 0.405. The third-order valence-corrected chi connectivity index (χ3v) is 1.19. The van der Waals surface area contributed by atoms with E-state index in [9.17, 15) is 4.79 Å². The molecule has 0 amide bonds. The summed E-state index contributed by atoms with van der Waals surface area (Å²) in [7, 11) is 1.59. The molecule has 0 radical (unpaired) electrons. The van der Waals surface area contributed by atoms with Crippen LogP contribution in [-0.4, -0.2) is 47.0 Å². The second-order valence-electron chi connectivity index (χ2n) is 1.36. The first-order valence-corrected chi connectivity index (χ1v) is 2.86. The van der Waals surface area contributed by atoms with Gasteiger partial charge < -0.3 is 10.4 Å². The molecule has 0 rings (SSSR count). The molecule has 56 valence electrons. The fourth-order valence-electron chi connectivity index (χ4n) is 0.293. The van der Waals surface area contributed by atoms with Crippen LogP contribution in [0.2, 0.25) is 0 Å². The van der Waals surface area contributed by atoms with Crippen LogP contribution in [0.4, 0.5) is 0 Å². The monoisotopic (exact) mass is 217 g/mol. The van der Waals surface area contributed by atoms with Crippen LogP contribution < -0.4 is 5.32 Å². The van der Waals surface area contributed by atoms with Gasteiger partial charge in [-0.3, -0.25) is 4.79 Å². The average molecular weight is 216 g/mol. The van der Waals surface area contributed by atoms with Gasteiger partial charge in [0.2, 0.25) is 0 Å². The van der Waals surface area contributed by atoms with Crippen LogP contribution in [0.1, 0.15) is 0 Å². The van der Waals surface area contributed by atoms with Crippen LogP contribution in [0.3, 0.4) is 0 Å². The topological polar surface area (TPSA) is 49.3 Å². The maximum absolute atomic E-state index is 10.1. The Labute approximate surface area is 70.1 Å². The number of nitrogens with one attached hydrogen (secondary N) is 1. The van der Waals surface area contributed by atoms with Crippen LogP contribution in [0.5, 0.6) is 0 Å². The van der Waals surface area contributed by atoms with Crippen molar-refractivity contribution in [3.63, 3.8) is 0 Å². The number of hydrogen-bond acceptors (Lipinski definition) is 3. The number of rotatable bonds is 3. The predicted molar refractivity (Wildman–Crippen MR) is 42.9 cm³/mol. The minimum absolute atomic E-state index is 0. The molecule has 2 N–H and O–H groups in total. The van der Waals surface area contributed by atoms with E-state index in [1.165, 1.54) is 0 Å². The van der Waals surface area contributed by atoms with E-state index in [0.29, 0.717) is 5.75 Å². The Hall–Kier alpha value is 0.299. The number of carboxylic acids is 1. The van der Waals surface area contributed by atoms with Crippen molar-refractivity contribution in [2.24, 2.45) is 0 Å². The first-order valence-electron chi connectivity index (χ1n) is 2.23. The molecule has 9 heavy (non-hydrogen) atoms. The van der Waals surface area contributed by atoms with E-state index >= 15 is 0 Å². The number of carboxylic acid groups (broad SMARTS) is 1. The second kappa shape index (κ2) is 6.42. The number of likely N-dealkylation sites (N-methyl/N-ethyl adjacent to an activating group) is 1. The maximum atomic E-state index is 10.1. The van der Waals surface area contributed by atoms with Gasteiger partial charge in [-0.05, 0) is 7.05 Å². The normalized spacial score (nSPS) is 11.8. The van der Waals surface area contributed by atoms with Gasteiger partial charge in [-0.25, -0.2) is 0 Å². The van der Waals surface area contributed by atoms with Gasteiger partial charge in [0.05, 0.1) is 0 Å². The summed E-state index contributed by atoms with van der Waals surface area (Å²) in [5, 5.41) is 10.8. The summed E-state index contributed by atoms with van der Waals surface area (Å²) in [6, 6.07) is -0.515. The average Bonchev–Trinajstić information content (AvgIpc) is 1.69. The van der Waals surface area contributed by atoms with E-state index in [1.54, 1.807) is 7.05 Å². The molecule has 3 nitrogen and oxygen atoms in total. The standard InChI is InChI=1S/C4H9NO2S.H2Se/c1-5-3(2-8)4(6)7;/h3,5,8H,2H2,1H3,(H,6,7);1H2. The zero-order valence-corrected chi connectivity index (χ0v) is 8.08. The molecule has 0 fully saturated rings. The van der Waals surface area contributed by atoms with Crippen molar-refractivity contribution in [1.29, 1.82) is 0 Å².